The van der Waals surface area contributed by atoms with Gasteiger partial charge >= 0.3 is 10.3 Å². The van der Waals surface area contributed by atoms with E-state index in [9.17, 15) is 17.4 Å². The normalized spacial score (nSPS) is 12.3. The third-order valence-electron chi connectivity index (χ3n) is 5.03. The zero-order chi connectivity index (χ0) is 23.3. The van der Waals surface area contributed by atoms with Crippen molar-refractivity contribution in [1.29, 1.82) is 0 Å². The number of aryl methyl sites for hydroxylation is 1. The molecule has 2 heterocycles. The minimum atomic E-state index is -4.37. The highest BCUT2D eigenvalue weighted by Gasteiger charge is 2.33. The molecule has 32 heavy (non-hydrogen) atoms. The van der Waals surface area contributed by atoms with E-state index in [4.69, 9.17) is 20.6 Å². The van der Waals surface area contributed by atoms with Crippen LogP contribution >= 0.6 is 11.6 Å². The van der Waals surface area contributed by atoms with E-state index in [1.807, 2.05) is 0 Å². The van der Waals surface area contributed by atoms with Gasteiger partial charge in [-0.1, -0.05) is 28.0 Å². The maximum Gasteiger partial charge on any atom is 0.437 e. The number of quaternary nitrogens is 1. The molecule has 2 aromatic heterocycles. The van der Waals surface area contributed by atoms with Crippen molar-refractivity contribution in [3.05, 3.63) is 59.1 Å². The number of halogens is 2. The molecule has 0 radical (unpaired) electrons. The zero-order valence-corrected chi connectivity index (χ0v) is 18.6. The molecule has 4 rings (SSSR count). The lowest BCUT2D eigenvalue weighted by atomic mass is 10.1. The number of nitrogens with zero attached hydrogens (tertiary/aromatic N) is 4. The van der Waals surface area contributed by atoms with Gasteiger partial charge in [0.25, 0.3) is 5.89 Å². The van der Waals surface area contributed by atoms with Crippen molar-refractivity contribution in [3.8, 4) is 34.1 Å². The van der Waals surface area contributed by atoms with E-state index in [2.05, 4.69) is 15.3 Å². The fourth-order valence-electron chi connectivity index (χ4n) is 3.06. The minimum absolute atomic E-state index is 0.0474. The first-order chi connectivity index (χ1) is 15.0. The van der Waals surface area contributed by atoms with Crippen molar-refractivity contribution in [2.24, 2.45) is 0 Å². The average molecular weight is 480 g/mol. The Hall–Kier alpha value is -3.12. The number of rotatable bonds is 5. The fraction of sp³-hybridized carbons (Fsp3) is 0.150. The molecule has 9 nitrogen and oxygen atoms in total. The SMILES string of the molecule is Cc1onc(-c2c(F)cccc2Cl)c1-c1nc(-c2ccc([N+](C)(C)S(=O)(=O)O)cc2)no1. The van der Waals surface area contributed by atoms with Crippen LogP contribution in [0.4, 0.5) is 10.1 Å². The van der Waals surface area contributed by atoms with Crippen molar-refractivity contribution in [2.45, 2.75) is 6.92 Å². The second kappa shape index (κ2) is 7.78. The van der Waals surface area contributed by atoms with Crippen LogP contribution < -0.4 is 3.89 Å². The summed E-state index contributed by atoms with van der Waals surface area (Å²) in [5.74, 6) is 0.000100. The highest BCUT2D eigenvalue weighted by Crippen LogP contribution is 2.38. The maximum atomic E-state index is 14.4. The standard InChI is InChI=1S/C20H16ClFN4O5S/c1-11-16(18(24-30-11)17-14(21)5-4-6-15(17)22)20-23-19(25-31-20)12-7-9-13(10-8-12)26(2,3)32(27,28)29/h4-10H,1-3H3/p+1. The van der Waals surface area contributed by atoms with Gasteiger partial charge in [-0.15, -0.1) is 8.42 Å². The number of hydrogen-bond acceptors (Lipinski definition) is 7. The summed E-state index contributed by atoms with van der Waals surface area (Å²) in [4.78, 5) is 4.35. The molecular formula is C20H17ClFN4O5S+. The van der Waals surface area contributed by atoms with Crippen LogP contribution in [0.15, 0.2) is 51.5 Å². The van der Waals surface area contributed by atoms with Crippen molar-refractivity contribution >= 4 is 27.6 Å². The number of hydrogen-bond donors (Lipinski definition) is 1. The second-order valence-corrected chi connectivity index (χ2v) is 9.54. The molecule has 4 aromatic rings. The third-order valence-corrected chi connectivity index (χ3v) is 6.71. The Bertz CT molecular complexity index is 1390. The van der Waals surface area contributed by atoms with Crippen LogP contribution in [0.1, 0.15) is 5.76 Å². The summed E-state index contributed by atoms with van der Waals surface area (Å²) in [6.07, 6.45) is 0. The Labute approximate surface area is 187 Å². The summed E-state index contributed by atoms with van der Waals surface area (Å²) >= 11 is 6.17. The lowest BCUT2D eigenvalue weighted by Crippen LogP contribution is -2.45. The van der Waals surface area contributed by atoms with Crippen molar-refractivity contribution in [3.63, 3.8) is 0 Å². The Morgan fingerprint density at radius 2 is 1.72 bits per heavy atom. The van der Waals surface area contributed by atoms with Gasteiger partial charge in [0.05, 0.1) is 24.7 Å². The van der Waals surface area contributed by atoms with Crippen molar-refractivity contribution in [1.82, 2.24) is 19.2 Å². The molecule has 0 unspecified atom stereocenters. The molecule has 0 saturated carbocycles. The molecule has 0 aliphatic carbocycles. The molecule has 0 saturated heterocycles. The molecule has 1 N–H and O–H groups in total. The number of benzene rings is 2. The van der Waals surface area contributed by atoms with Crippen LogP contribution in [0.25, 0.3) is 34.1 Å². The van der Waals surface area contributed by atoms with E-state index in [1.165, 1.54) is 44.4 Å². The lowest BCUT2D eigenvalue weighted by Gasteiger charge is -2.23. The lowest BCUT2D eigenvalue weighted by molar-refractivity contribution is 0.397. The van der Waals surface area contributed by atoms with Gasteiger partial charge in [0, 0.05) is 17.7 Å². The van der Waals surface area contributed by atoms with Gasteiger partial charge in [-0.25, -0.2) is 8.94 Å². The Morgan fingerprint density at radius 1 is 1.03 bits per heavy atom. The highest BCUT2D eigenvalue weighted by atomic mass is 35.5. The minimum Gasteiger partial charge on any atom is -0.360 e. The molecule has 0 aliphatic rings. The van der Waals surface area contributed by atoms with Gasteiger partial charge in [-0.3, -0.25) is 0 Å². The predicted octanol–water partition coefficient (Wildman–Crippen LogP) is 4.53. The van der Waals surface area contributed by atoms with Crippen LogP contribution in [0.2, 0.25) is 5.02 Å². The Kier molecular flexibility index (Phi) is 5.37. The summed E-state index contributed by atoms with van der Waals surface area (Å²) in [6.45, 7) is 1.62. The monoisotopic (exact) mass is 479 g/mol. The molecular weight excluding hydrogens is 463 g/mol. The van der Waals surface area contributed by atoms with Gasteiger partial charge in [-0.2, -0.15) is 8.87 Å². The largest absolute Gasteiger partial charge is 0.437 e. The Balaban J connectivity index is 1.73. The van der Waals surface area contributed by atoms with E-state index in [0.717, 1.165) is 0 Å². The predicted molar refractivity (Wildman–Crippen MR) is 116 cm³/mol. The molecule has 166 valence electrons. The van der Waals surface area contributed by atoms with Gasteiger partial charge in [-0.05, 0) is 31.2 Å². The molecule has 0 amide bonds. The number of aromatic nitrogens is 3. The zero-order valence-electron chi connectivity index (χ0n) is 17.1. The molecule has 0 spiro atoms. The Morgan fingerprint density at radius 3 is 2.34 bits per heavy atom. The van der Waals surface area contributed by atoms with Crippen molar-refractivity contribution < 1.29 is 26.4 Å². The molecule has 0 aliphatic heterocycles. The first-order valence-electron chi connectivity index (χ1n) is 9.18. The van der Waals surface area contributed by atoms with E-state index in [1.54, 1.807) is 19.1 Å². The van der Waals surface area contributed by atoms with E-state index in [0.29, 0.717) is 22.6 Å². The van der Waals surface area contributed by atoms with E-state index >= 15 is 0 Å². The summed E-state index contributed by atoms with van der Waals surface area (Å²) in [5, 5.41) is 8.01. The summed E-state index contributed by atoms with van der Waals surface area (Å²) in [6, 6.07) is 10.5. The third kappa shape index (κ3) is 3.69. The maximum absolute atomic E-state index is 14.4. The summed E-state index contributed by atoms with van der Waals surface area (Å²) in [5.41, 5.74) is 1.33. The summed E-state index contributed by atoms with van der Waals surface area (Å²) in [7, 11) is -1.70. The quantitative estimate of drug-likeness (QED) is 0.327. The summed E-state index contributed by atoms with van der Waals surface area (Å²) < 4.78 is 56.9. The molecule has 0 fully saturated rings. The van der Waals surface area contributed by atoms with Gasteiger partial charge in [0.2, 0.25) is 5.82 Å². The smallest absolute Gasteiger partial charge is 0.360 e. The first-order valence-corrected chi connectivity index (χ1v) is 11.0. The van der Waals surface area contributed by atoms with E-state index in [-0.39, 0.29) is 28.0 Å². The van der Waals surface area contributed by atoms with Gasteiger partial charge in [0.15, 0.2) is 0 Å². The van der Waals surface area contributed by atoms with Crippen LogP contribution in [0.3, 0.4) is 0 Å². The van der Waals surface area contributed by atoms with Crippen LogP contribution in [-0.4, -0.2) is 42.4 Å². The molecule has 12 heteroatoms. The van der Waals surface area contributed by atoms with E-state index < -0.39 is 20.0 Å². The molecule has 0 bridgehead atoms. The van der Waals surface area contributed by atoms with Crippen molar-refractivity contribution in [2.75, 3.05) is 14.1 Å². The topological polar surface area (TPSA) is 119 Å². The van der Waals surface area contributed by atoms with Gasteiger partial charge < -0.3 is 9.05 Å². The first kappa shape index (κ1) is 22.1. The second-order valence-electron chi connectivity index (χ2n) is 7.33. The van der Waals surface area contributed by atoms with Crippen LogP contribution in [0, 0.1) is 12.7 Å². The van der Waals surface area contributed by atoms with Crippen LogP contribution in [-0.2, 0) is 10.3 Å². The average Bonchev–Trinajstić information content (AvgIpc) is 3.34. The fourth-order valence-corrected chi connectivity index (χ4v) is 3.70. The molecule has 0 atom stereocenters. The highest BCUT2D eigenvalue weighted by molar-refractivity contribution is 7.85. The van der Waals surface area contributed by atoms with Crippen LogP contribution in [0.5, 0.6) is 0 Å². The van der Waals surface area contributed by atoms with Gasteiger partial charge in [0.1, 0.15) is 28.5 Å². The molecule has 2 aromatic carbocycles.